The van der Waals surface area contributed by atoms with Crippen LogP contribution in [0.1, 0.15) is 17.3 Å². The molecule has 0 aliphatic rings. The van der Waals surface area contributed by atoms with E-state index in [4.69, 9.17) is 9.26 Å². The van der Waals surface area contributed by atoms with Gasteiger partial charge in [-0.3, -0.25) is 4.79 Å². The minimum atomic E-state index is -0.765. The molecule has 0 saturated heterocycles. The number of hydrogen-bond donors (Lipinski definition) is 2. The Balaban J connectivity index is 1.58. The van der Waals surface area contributed by atoms with Gasteiger partial charge in [0.1, 0.15) is 18.5 Å². The summed E-state index contributed by atoms with van der Waals surface area (Å²) < 4.78 is 10.3. The van der Waals surface area contributed by atoms with Crippen LogP contribution in [-0.2, 0) is 10.5 Å². The number of aromatic nitrogens is 2. The lowest BCUT2D eigenvalue weighted by Gasteiger charge is -2.13. The molecule has 8 heteroatoms. The number of aliphatic hydroxyl groups is 1. The highest BCUT2D eigenvalue weighted by Crippen LogP contribution is 2.12. The van der Waals surface area contributed by atoms with Crippen molar-refractivity contribution in [3.63, 3.8) is 0 Å². The second-order valence-corrected chi connectivity index (χ2v) is 6.29. The number of amides is 1. The van der Waals surface area contributed by atoms with E-state index < -0.39 is 6.10 Å². The van der Waals surface area contributed by atoms with E-state index in [0.29, 0.717) is 23.2 Å². The topological polar surface area (TPSA) is 97.5 Å². The van der Waals surface area contributed by atoms with Crippen molar-refractivity contribution in [1.29, 1.82) is 0 Å². The van der Waals surface area contributed by atoms with Crippen LogP contribution in [0.15, 0.2) is 28.8 Å². The van der Waals surface area contributed by atoms with Gasteiger partial charge in [0, 0.05) is 13.5 Å². The van der Waals surface area contributed by atoms with Crippen LogP contribution in [0.4, 0.5) is 0 Å². The Morgan fingerprint density at radius 1 is 1.46 bits per heavy atom. The minimum Gasteiger partial charge on any atom is -0.491 e. The Labute approximate surface area is 144 Å². The maximum Gasteiger partial charge on any atom is 0.230 e. The zero-order valence-electron chi connectivity index (χ0n) is 13.7. The Morgan fingerprint density at radius 2 is 2.29 bits per heavy atom. The second kappa shape index (κ2) is 9.29. The molecule has 2 rings (SSSR count). The summed E-state index contributed by atoms with van der Waals surface area (Å²) in [4.78, 5) is 15.8. The highest BCUT2D eigenvalue weighted by atomic mass is 32.2. The molecule has 0 aliphatic carbocycles. The van der Waals surface area contributed by atoms with E-state index in [2.05, 4.69) is 15.5 Å². The van der Waals surface area contributed by atoms with Gasteiger partial charge in [0.2, 0.25) is 11.8 Å². The summed E-state index contributed by atoms with van der Waals surface area (Å²) in [6, 6.07) is 7.58. The van der Waals surface area contributed by atoms with E-state index in [1.807, 2.05) is 31.2 Å². The van der Waals surface area contributed by atoms with Gasteiger partial charge >= 0.3 is 0 Å². The zero-order valence-corrected chi connectivity index (χ0v) is 14.5. The Morgan fingerprint density at radius 3 is 3.00 bits per heavy atom. The van der Waals surface area contributed by atoms with Crippen molar-refractivity contribution in [3.05, 3.63) is 41.5 Å². The molecule has 1 atom stereocenters. The smallest absolute Gasteiger partial charge is 0.230 e. The molecule has 0 spiro atoms. The quantitative estimate of drug-likeness (QED) is 0.706. The van der Waals surface area contributed by atoms with Gasteiger partial charge in [-0.05, 0) is 24.6 Å². The van der Waals surface area contributed by atoms with Gasteiger partial charge in [0.25, 0.3) is 0 Å². The SMILES string of the molecule is Cc1cccc(OCC(O)CNC(=O)CSCc2noc(C)n2)c1. The molecule has 7 nitrogen and oxygen atoms in total. The maximum atomic E-state index is 11.7. The van der Waals surface area contributed by atoms with Gasteiger partial charge in [0.15, 0.2) is 5.82 Å². The first kappa shape index (κ1) is 18.3. The molecule has 1 amide bonds. The average molecular weight is 351 g/mol. The molecule has 2 aromatic rings. The summed E-state index contributed by atoms with van der Waals surface area (Å²) in [6.45, 7) is 3.96. The average Bonchev–Trinajstić information content (AvgIpc) is 2.96. The Bertz CT molecular complexity index is 662. The molecule has 0 fully saturated rings. The van der Waals surface area contributed by atoms with E-state index in [1.165, 1.54) is 11.8 Å². The van der Waals surface area contributed by atoms with Gasteiger partial charge in [-0.2, -0.15) is 4.98 Å². The van der Waals surface area contributed by atoms with Gasteiger partial charge in [-0.1, -0.05) is 17.3 Å². The Hall–Kier alpha value is -2.06. The van der Waals surface area contributed by atoms with Crippen molar-refractivity contribution in [3.8, 4) is 5.75 Å². The number of benzene rings is 1. The van der Waals surface area contributed by atoms with Crippen LogP contribution >= 0.6 is 11.8 Å². The zero-order chi connectivity index (χ0) is 17.4. The van der Waals surface area contributed by atoms with Crippen LogP contribution in [0.3, 0.4) is 0 Å². The third-order valence-electron chi connectivity index (χ3n) is 3.00. The van der Waals surface area contributed by atoms with Crippen LogP contribution in [0.2, 0.25) is 0 Å². The molecular weight excluding hydrogens is 330 g/mol. The fourth-order valence-corrected chi connectivity index (χ4v) is 2.56. The van der Waals surface area contributed by atoms with E-state index >= 15 is 0 Å². The number of nitrogens with one attached hydrogen (secondary N) is 1. The van der Waals surface area contributed by atoms with Crippen LogP contribution < -0.4 is 10.1 Å². The van der Waals surface area contributed by atoms with Gasteiger partial charge in [-0.25, -0.2) is 0 Å². The molecule has 0 saturated carbocycles. The number of rotatable bonds is 9. The fraction of sp³-hybridized carbons (Fsp3) is 0.438. The first-order valence-electron chi connectivity index (χ1n) is 7.54. The third kappa shape index (κ3) is 6.59. The predicted molar refractivity (Wildman–Crippen MR) is 90.9 cm³/mol. The molecule has 1 aromatic carbocycles. The number of carbonyl (C=O) groups is 1. The van der Waals surface area contributed by atoms with Gasteiger partial charge < -0.3 is 19.7 Å². The van der Waals surface area contributed by atoms with Crippen molar-refractivity contribution in [2.24, 2.45) is 0 Å². The predicted octanol–water partition coefficient (Wildman–Crippen LogP) is 1.48. The molecule has 24 heavy (non-hydrogen) atoms. The molecule has 0 radical (unpaired) electrons. The number of carbonyl (C=O) groups excluding carboxylic acids is 1. The van der Waals surface area contributed by atoms with E-state index in [1.54, 1.807) is 6.92 Å². The second-order valence-electron chi connectivity index (χ2n) is 5.31. The Kier molecular flexibility index (Phi) is 7.07. The first-order chi connectivity index (χ1) is 11.5. The summed E-state index contributed by atoms with van der Waals surface area (Å²) in [5.74, 6) is 2.38. The molecule has 1 aromatic heterocycles. The van der Waals surface area contributed by atoms with Gasteiger partial charge in [-0.15, -0.1) is 11.8 Å². The van der Waals surface area contributed by atoms with Crippen LogP contribution in [0, 0.1) is 13.8 Å². The number of thioether (sulfide) groups is 1. The third-order valence-corrected chi connectivity index (χ3v) is 3.93. The van der Waals surface area contributed by atoms with Crippen molar-refractivity contribution >= 4 is 17.7 Å². The van der Waals surface area contributed by atoms with Crippen molar-refractivity contribution < 1.29 is 19.2 Å². The number of ether oxygens (including phenoxy) is 1. The molecule has 1 unspecified atom stereocenters. The summed E-state index contributed by atoms with van der Waals surface area (Å²) >= 11 is 1.38. The summed E-state index contributed by atoms with van der Waals surface area (Å²) in [7, 11) is 0. The van der Waals surface area contributed by atoms with Crippen LogP contribution in [-0.4, -0.2) is 46.2 Å². The standard InChI is InChI=1S/C16H21N3O4S/c1-11-4-3-5-14(6-11)22-8-13(20)7-17-16(21)10-24-9-15-18-12(2)23-19-15/h3-6,13,20H,7-10H2,1-2H3,(H,17,21). The molecule has 0 bridgehead atoms. The lowest BCUT2D eigenvalue weighted by Crippen LogP contribution is -2.36. The van der Waals surface area contributed by atoms with E-state index in [0.717, 1.165) is 5.56 Å². The van der Waals surface area contributed by atoms with E-state index in [9.17, 15) is 9.90 Å². The van der Waals surface area contributed by atoms with Crippen molar-refractivity contribution in [1.82, 2.24) is 15.5 Å². The number of hydrogen-bond acceptors (Lipinski definition) is 7. The highest BCUT2D eigenvalue weighted by molar-refractivity contribution is 7.99. The molecular formula is C16H21N3O4S. The highest BCUT2D eigenvalue weighted by Gasteiger charge is 2.09. The van der Waals surface area contributed by atoms with Crippen LogP contribution in [0.25, 0.3) is 0 Å². The fourth-order valence-electron chi connectivity index (χ4n) is 1.87. The summed E-state index contributed by atoms with van der Waals surface area (Å²) in [5, 5.41) is 16.3. The monoisotopic (exact) mass is 351 g/mol. The van der Waals surface area contributed by atoms with Crippen molar-refractivity contribution in [2.45, 2.75) is 25.7 Å². The molecule has 2 N–H and O–H groups in total. The number of aliphatic hydroxyl groups excluding tert-OH is 1. The lowest BCUT2D eigenvalue weighted by molar-refractivity contribution is -0.119. The van der Waals surface area contributed by atoms with Crippen molar-refractivity contribution in [2.75, 3.05) is 18.9 Å². The summed E-state index contributed by atoms with van der Waals surface area (Å²) in [6.07, 6.45) is -0.765. The summed E-state index contributed by atoms with van der Waals surface area (Å²) in [5.41, 5.74) is 1.09. The normalized spacial score (nSPS) is 12.0. The number of aryl methyl sites for hydroxylation is 2. The maximum absolute atomic E-state index is 11.7. The van der Waals surface area contributed by atoms with Crippen LogP contribution in [0.5, 0.6) is 5.75 Å². The molecule has 0 aliphatic heterocycles. The van der Waals surface area contributed by atoms with E-state index in [-0.39, 0.29) is 24.8 Å². The molecule has 130 valence electrons. The minimum absolute atomic E-state index is 0.124. The lowest BCUT2D eigenvalue weighted by atomic mass is 10.2. The number of nitrogens with zero attached hydrogens (tertiary/aromatic N) is 2. The van der Waals surface area contributed by atoms with Gasteiger partial charge in [0.05, 0.1) is 11.5 Å². The molecule has 1 heterocycles. The largest absolute Gasteiger partial charge is 0.491 e. The first-order valence-corrected chi connectivity index (χ1v) is 8.69.